The summed E-state index contributed by atoms with van der Waals surface area (Å²) in [7, 11) is 0. The SMILES string of the molecule is c1c[nH]c(CNC2COC2)n1. The van der Waals surface area contributed by atoms with Crippen LogP contribution < -0.4 is 5.32 Å². The van der Waals surface area contributed by atoms with Crippen molar-refractivity contribution in [3.05, 3.63) is 18.2 Å². The molecule has 0 aliphatic carbocycles. The Hall–Kier alpha value is -0.870. The molecule has 0 atom stereocenters. The van der Waals surface area contributed by atoms with Gasteiger partial charge in [0.15, 0.2) is 0 Å². The van der Waals surface area contributed by atoms with E-state index in [0.29, 0.717) is 6.04 Å². The van der Waals surface area contributed by atoms with Gasteiger partial charge in [-0.25, -0.2) is 4.98 Å². The minimum Gasteiger partial charge on any atom is -0.378 e. The lowest BCUT2D eigenvalue weighted by Gasteiger charge is -2.26. The summed E-state index contributed by atoms with van der Waals surface area (Å²) in [6, 6.07) is 0.528. The van der Waals surface area contributed by atoms with E-state index in [1.54, 1.807) is 6.20 Å². The third kappa shape index (κ3) is 1.58. The number of aromatic nitrogens is 2. The fraction of sp³-hybridized carbons (Fsp3) is 0.571. The van der Waals surface area contributed by atoms with Crippen molar-refractivity contribution in [2.75, 3.05) is 13.2 Å². The molecule has 0 amide bonds. The van der Waals surface area contributed by atoms with Gasteiger partial charge >= 0.3 is 0 Å². The van der Waals surface area contributed by atoms with Gasteiger partial charge in [-0.2, -0.15) is 0 Å². The first-order valence-corrected chi connectivity index (χ1v) is 3.74. The van der Waals surface area contributed by atoms with Crippen LogP contribution in [0.1, 0.15) is 5.82 Å². The van der Waals surface area contributed by atoms with E-state index in [0.717, 1.165) is 25.6 Å². The van der Waals surface area contributed by atoms with Crippen LogP contribution in [0, 0.1) is 0 Å². The molecular formula is C7H11N3O. The molecule has 2 N–H and O–H groups in total. The minimum absolute atomic E-state index is 0.528. The molecule has 1 saturated heterocycles. The zero-order valence-corrected chi connectivity index (χ0v) is 6.21. The number of H-pyrrole nitrogens is 1. The highest BCUT2D eigenvalue weighted by atomic mass is 16.5. The van der Waals surface area contributed by atoms with E-state index in [1.807, 2.05) is 6.20 Å². The van der Waals surface area contributed by atoms with E-state index < -0.39 is 0 Å². The van der Waals surface area contributed by atoms with Crippen molar-refractivity contribution in [2.24, 2.45) is 0 Å². The summed E-state index contributed by atoms with van der Waals surface area (Å²) < 4.78 is 5.01. The molecule has 4 heteroatoms. The Labute approximate surface area is 65.0 Å². The molecule has 1 fully saturated rings. The smallest absolute Gasteiger partial charge is 0.120 e. The first-order valence-electron chi connectivity index (χ1n) is 3.74. The molecule has 60 valence electrons. The molecule has 0 unspecified atom stereocenters. The second-order valence-electron chi connectivity index (χ2n) is 2.65. The predicted molar refractivity (Wildman–Crippen MR) is 40.0 cm³/mol. The molecule has 0 spiro atoms. The lowest BCUT2D eigenvalue weighted by atomic mass is 10.2. The van der Waals surface area contributed by atoms with Crippen molar-refractivity contribution in [1.29, 1.82) is 0 Å². The summed E-state index contributed by atoms with van der Waals surface area (Å²) in [4.78, 5) is 7.11. The third-order valence-corrected chi connectivity index (χ3v) is 1.75. The molecule has 0 bridgehead atoms. The van der Waals surface area contributed by atoms with Gasteiger partial charge in [0.2, 0.25) is 0 Å². The van der Waals surface area contributed by atoms with Crippen LogP contribution in [0.4, 0.5) is 0 Å². The van der Waals surface area contributed by atoms with E-state index in [2.05, 4.69) is 15.3 Å². The van der Waals surface area contributed by atoms with Crippen LogP contribution in [-0.2, 0) is 11.3 Å². The quantitative estimate of drug-likeness (QED) is 0.637. The first-order chi connectivity index (χ1) is 5.45. The molecule has 1 aromatic heterocycles. The van der Waals surface area contributed by atoms with Gasteiger partial charge in [0.25, 0.3) is 0 Å². The number of nitrogens with zero attached hydrogens (tertiary/aromatic N) is 1. The molecular weight excluding hydrogens is 142 g/mol. The minimum atomic E-state index is 0.528. The second kappa shape index (κ2) is 3.02. The van der Waals surface area contributed by atoms with Gasteiger partial charge in [-0.3, -0.25) is 0 Å². The highest BCUT2D eigenvalue weighted by Gasteiger charge is 2.16. The molecule has 2 rings (SSSR count). The second-order valence-corrected chi connectivity index (χ2v) is 2.65. The van der Waals surface area contributed by atoms with E-state index in [-0.39, 0.29) is 0 Å². The van der Waals surface area contributed by atoms with Crippen LogP contribution in [0.5, 0.6) is 0 Å². The molecule has 0 aromatic carbocycles. The molecule has 1 aliphatic rings. The van der Waals surface area contributed by atoms with E-state index >= 15 is 0 Å². The van der Waals surface area contributed by atoms with Gasteiger partial charge in [0, 0.05) is 12.4 Å². The molecule has 0 saturated carbocycles. The van der Waals surface area contributed by atoms with Crippen molar-refractivity contribution in [1.82, 2.24) is 15.3 Å². The van der Waals surface area contributed by atoms with Gasteiger partial charge in [-0.15, -0.1) is 0 Å². The van der Waals surface area contributed by atoms with E-state index in [4.69, 9.17) is 4.74 Å². The maximum absolute atomic E-state index is 5.01. The maximum Gasteiger partial charge on any atom is 0.120 e. The van der Waals surface area contributed by atoms with Crippen LogP contribution in [0.3, 0.4) is 0 Å². The molecule has 1 aromatic rings. The van der Waals surface area contributed by atoms with Gasteiger partial charge in [0.05, 0.1) is 25.8 Å². The summed E-state index contributed by atoms with van der Waals surface area (Å²) in [5.74, 6) is 0.983. The number of hydrogen-bond acceptors (Lipinski definition) is 3. The first kappa shape index (κ1) is 6.82. The maximum atomic E-state index is 5.01. The van der Waals surface area contributed by atoms with Crippen molar-refractivity contribution >= 4 is 0 Å². The Kier molecular flexibility index (Phi) is 1.87. The number of imidazole rings is 1. The van der Waals surface area contributed by atoms with E-state index in [1.165, 1.54) is 0 Å². The van der Waals surface area contributed by atoms with Crippen LogP contribution in [0.25, 0.3) is 0 Å². The zero-order chi connectivity index (χ0) is 7.52. The normalized spacial score (nSPS) is 18.2. The number of ether oxygens (including phenoxy) is 1. The third-order valence-electron chi connectivity index (χ3n) is 1.75. The Balaban J connectivity index is 1.74. The summed E-state index contributed by atoms with van der Waals surface area (Å²) in [5, 5.41) is 3.30. The fourth-order valence-electron chi connectivity index (χ4n) is 0.989. The highest BCUT2D eigenvalue weighted by Crippen LogP contribution is 2.00. The van der Waals surface area contributed by atoms with Crippen molar-refractivity contribution in [3.63, 3.8) is 0 Å². The Morgan fingerprint density at radius 3 is 3.18 bits per heavy atom. The molecule has 4 nitrogen and oxygen atoms in total. The lowest BCUT2D eigenvalue weighted by Crippen LogP contribution is -2.45. The molecule has 11 heavy (non-hydrogen) atoms. The number of rotatable bonds is 3. The van der Waals surface area contributed by atoms with Gasteiger partial charge in [-0.1, -0.05) is 0 Å². The number of nitrogens with one attached hydrogen (secondary N) is 2. The van der Waals surface area contributed by atoms with Crippen LogP contribution in [0.15, 0.2) is 12.4 Å². The number of aromatic amines is 1. The summed E-state index contributed by atoms with van der Waals surface area (Å²) in [6.07, 6.45) is 3.59. The fourth-order valence-corrected chi connectivity index (χ4v) is 0.989. The van der Waals surface area contributed by atoms with Crippen molar-refractivity contribution < 1.29 is 4.74 Å². The monoisotopic (exact) mass is 153 g/mol. The molecule has 0 radical (unpaired) electrons. The Bertz CT molecular complexity index is 205. The van der Waals surface area contributed by atoms with Crippen molar-refractivity contribution in [2.45, 2.75) is 12.6 Å². The Morgan fingerprint density at radius 1 is 1.73 bits per heavy atom. The summed E-state index contributed by atoms with van der Waals surface area (Å²) >= 11 is 0. The van der Waals surface area contributed by atoms with Crippen LogP contribution in [0.2, 0.25) is 0 Å². The standard InChI is InChI=1S/C7H11N3O/c1-2-9-7(8-1)3-10-6-4-11-5-6/h1-2,6,10H,3-5H2,(H,8,9). The summed E-state index contributed by atoms with van der Waals surface area (Å²) in [6.45, 7) is 2.47. The molecule has 1 aliphatic heterocycles. The predicted octanol–water partition coefficient (Wildman–Crippen LogP) is -0.102. The van der Waals surface area contributed by atoms with Gasteiger partial charge < -0.3 is 15.0 Å². The zero-order valence-electron chi connectivity index (χ0n) is 6.21. The summed E-state index contributed by atoms with van der Waals surface area (Å²) in [5.41, 5.74) is 0. The average Bonchev–Trinajstić information content (AvgIpc) is 2.36. The van der Waals surface area contributed by atoms with E-state index in [9.17, 15) is 0 Å². The average molecular weight is 153 g/mol. The van der Waals surface area contributed by atoms with Crippen LogP contribution in [-0.4, -0.2) is 29.2 Å². The van der Waals surface area contributed by atoms with Crippen molar-refractivity contribution in [3.8, 4) is 0 Å². The van der Waals surface area contributed by atoms with Crippen LogP contribution >= 0.6 is 0 Å². The highest BCUT2D eigenvalue weighted by molar-refractivity contribution is 4.87. The molecule has 2 heterocycles. The van der Waals surface area contributed by atoms with Gasteiger partial charge in [0.1, 0.15) is 5.82 Å². The number of hydrogen-bond donors (Lipinski definition) is 2. The van der Waals surface area contributed by atoms with Gasteiger partial charge in [-0.05, 0) is 0 Å². The topological polar surface area (TPSA) is 49.9 Å². The largest absolute Gasteiger partial charge is 0.378 e. The Morgan fingerprint density at radius 2 is 2.64 bits per heavy atom. The lowest BCUT2D eigenvalue weighted by molar-refractivity contribution is -0.00602.